The fourth-order valence-electron chi connectivity index (χ4n) is 5.98. The van der Waals surface area contributed by atoms with Gasteiger partial charge in [-0.2, -0.15) is 0 Å². The molecule has 0 radical (unpaired) electrons. The minimum absolute atomic E-state index is 0.0401. The van der Waals surface area contributed by atoms with E-state index in [2.05, 4.69) is 5.32 Å². The van der Waals surface area contributed by atoms with Crippen molar-refractivity contribution in [2.24, 2.45) is 5.73 Å². The molecule has 0 fully saturated rings. The number of hydrogen-bond acceptors (Lipinski definition) is 11. The Balaban J connectivity index is 1.38. The number of amides is 2. The minimum Gasteiger partial charge on any atom is -0.458 e. The fourth-order valence-corrected chi connectivity index (χ4v) is 5.98. The molecule has 232 valence electrons. The number of carbonyl (C=O) groups is 3. The first-order valence-corrected chi connectivity index (χ1v) is 14.4. The van der Waals surface area contributed by atoms with Crippen molar-refractivity contribution in [1.82, 2.24) is 19.8 Å². The van der Waals surface area contributed by atoms with E-state index in [1.54, 1.807) is 28.5 Å². The van der Waals surface area contributed by atoms with Gasteiger partial charge in [-0.3, -0.25) is 14.4 Å². The van der Waals surface area contributed by atoms with Gasteiger partial charge < -0.3 is 44.6 Å². The van der Waals surface area contributed by atoms with Crippen molar-refractivity contribution >= 4 is 28.7 Å². The van der Waals surface area contributed by atoms with E-state index in [1.807, 2.05) is 13.0 Å². The Hall–Kier alpha value is -4.53. The van der Waals surface area contributed by atoms with Gasteiger partial charge in [-0.1, -0.05) is 6.92 Å². The molecule has 14 heteroatoms. The molecule has 1 aromatic carbocycles. The van der Waals surface area contributed by atoms with Crippen molar-refractivity contribution < 1.29 is 38.4 Å². The van der Waals surface area contributed by atoms with E-state index < -0.39 is 11.6 Å². The number of nitrogens with two attached hydrogens (primary N) is 1. The average Bonchev–Trinajstić information content (AvgIpc) is 3.64. The van der Waals surface area contributed by atoms with Gasteiger partial charge >= 0.3 is 5.97 Å². The molecule has 1 atom stereocenters. The third kappa shape index (κ3) is 4.84. The summed E-state index contributed by atoms with van der Waals surface area (Å²) in [5, 5.41) is 14.5. The third-order valence-electron chi connectivity index (χ3n) is 8.45. The number of benzene rings is 1. The van der Waals surface area contributed by atoms with Gasteiger partial charge in [-0.25, -0.2) is 9.78 Å². The number of fused-ring (bicyclic) bond motifs is 6. The fraction of sp³-hybridized carbons (Fsp3) is 0.433. The molecule has 2 amide bonds. The lowest BCUT2D eigenvalue weighted by atomic mass is 9.86. The van der Waals surface area contributed by atoms with Gasteiger partial charge in [0.1, 0.15) is 19.9 Å². The molecule has 0 saturated carbocycles. The second kappa shape index (κ2) is 11.5. The highest BCUT2D eigenvalue weighted by atomic mass is 16.7. The largest absolute Gasteiger partial charge is 0.458 e. The number of aliphatic hydroxyl groups is 1. The first-order valence-electron chi connectivity index (χ1n) is 14.4. The summed E-state index contributed by atoms with van der Waals surface area (Å²) >= 11 is 0. The van der Waals surface area contributed by atoms with Crippen LogP contribution in [-0.4, -0.2) is 77.1 Å². The molecule has 3 aliphatic heterocycles. The number of likely N-dealkylation sites (N-methyl/N-ethyl adjacent to an activating group) is 1. The zero-order valence-electron chi connectivity index (χ0n) is 24.4. The number of ether oxygens (including phenoxy) is 4. The molecule has 2 aromatic heterocycles. The van der Waals surface area contributed by atoms with E-state index in [9.17, 15) is 24.3 Å². The van der Waals surface area contributed by atoms with Crippen LogP contribution >= 0.6 is 0 Å². The lowest BCUT2D eigenvalue weighted by Gasteiger charge is -2.31. The normalized spacial score (nSPS) is 17.6. The standard InChI is InChI=1S/C30H33N5O9/c1-3-30(40)20-8-22-27-18(11-35(22)28(38)19(20)12-42-29(30)39)16(17-7-23-24(44-15-43-23)9-21(17)33-27)5-6-34(4-2)26(37)13-41-14-32-25(36)10-31/h7-9,40H,3-6,10-15,31H2,1-2H3,(H,32,36)/t30-/m0/s1. The Morgan fingerprint density at radius 3 is 2.66 bits per heavy atom. The molecule has 5 heterocycles. The average molecular weight is 608 g/mol. The third-order valence-corrected chi connectivity index (χ3v) is 8.45. The summed E-state index contributed by atoms with van der Waals surface area (Å²) in [7, 11) is 0. The lowest BCUT2D eigenvalue weighted by Crippen LogP contribution is -2.44. The van der Waals surface area contributed by atoms with Gasteiger partial charge in [0.25, 0.3) is 5.56 Å². The number of cyclic esters (lactones) is 1. The van der Waals surface area contributed by atoms with E-state index in [0.29, 0.717) is 47.9 Å². The van der Waals surface area contributed by atoms with Crippen LogP contribution in [0.15, 0.2) is 23.0 Å². The number of hydrogen-bond donors (Lipinski definition) is 3. The molecule has 3 aliphatic rings. The van der Waals surface area contributed by atoms with Crippen LogP contribution in [0.3, 0.4) is 0 Å². The van der Waals surface area contributed by atoms with Crippen molar-refractivity contribution in [2.75, 3.05) is 39.8 Å². The highest BCUT2D eigenvalue weighted by Crippen LogP contribution is 2.43. The molecule has 3 aromatic rings. The Morgan fingerprint density at radius 2 is 1.93 bits per heavy atom. The number of nitrogens with zero attached hydrogens (tertiary/aromatic N) is 3. The van der Waals surface area contributed by atoms with E-state index in [-0.39, 0.29) is 74.7 Å². The highest BCUT2D eigenvalue weighted by Gasteiger charge is 2.45. The molecule has 0 aliphatic carbocycles. The number of pyridine rings is 2. The number of aromatic nitrogens is 2. The summed E-state index contributed by atoms with van der Waals surface area (Å²) in [6, 6.07) is 5.32. The summed E-state index contributed by atoms with van der Waals surface area (Å²) < 4.78 is 23.3. The van der Waals surface area contributed by atoms with Crippen LogP contribution in [-0.2, 0) is 49.0 Å². The zero-order chi connectivity index (χ0) is 31.2. The molecule has 4 N–H and O–H groups in total. The molecule has 0 spiro atoms. The summed E-state index contributed by atoms with van der Waals surface area (Å²) in [4.78, 5) is 57.2. The van der Waals surface area contributed by atoms with Crippen LogP contribution < -0.4 is 26.1 Å². The quantitative estimate of drug-likeness (QED) is 0.128. The zero-order valence-corrected chi connectivity index (χ0v) is 24.4. The van der Waals surface area contributed by atoms with Crippen molar-refractivity contribution in [2.45, 2.75) is 45.4 Å². The molecule has 6 rings (SSSR count). The molecule has 14 nitrogen and oxygen atoms in total. The summed E-state index contributed by atoms with van der Waals surface area (Å²) in [6.07, 6.45) is 0.464. The Kier molecular flexibility index (Phi) is 7.73. The highest BCUT2D eigenvalue weighted by molar-refractivity contribution is 5.91. The van der Waals surface area contributed by atoms with Gasteiger partial charge in [-0.15, -0.1) is 0 Å². The Bertz CT molecular complexity index is 1750. The van der Waals surface area contributed by atoms with Crippen molar-refractivity contribution in [3.63, 3.8) is 0 Å². The summed E-state index contributed by atoms with van der Waals surface area (Å²) in [5.41, 5.74) is 6.78. The first kappa shape index (κ1) is 29.5. The van der Waals surface area contributed by atoms with E-state index >= 15 is 0 Å². The Labute approximate surface area is 251 Å². The summed E-state index contributed by atoms with van der Waals surface area (Å²) in [6.45, 7) is 3.83. The number of rotatable bonds is 10. The van der Waals surface area contributed by atoms with E-state index in [0.717, 1.165) is 16.5 Å². The van der Waals surface area contributed by atoms with Crippen LogP contribution in [0.2, 0.25) is 0 Å². The van der Waals surface area contributed by atoms with Crippen molar-refractivity contribution in [1.29, 1.82) is 0 Å². The molecule has 44 heavy (non-hydrogen) atoms. The SMILES string of the molecule is CCN(CCc1c2c(nc3cc4c(cc13)OCO4)-c1cc3c(c(=O)n1C2)COC(=O)[C@]3(O)CC)C(=O)COCNC(=O)CN. The predicted molar refractivity (Wildman–Crippen MR) is 155 cm³/mol. The van der Waals surface area contributed by atoms with Crippen LogP contribution in [0.5, 0.6) is 11.5 Å². The Morgan fingerprint density at radius 1 is 1.16 bits per heavy atom. The number of carbonyl (C=O) groups excluding carboxylic acids is 3. The van der Waals surface area contributed by atoms with Gasteiger partial charge in [-0.05, 0) is 37.5 Å². The van der Waals surface area contributed by atoms with Crippen LogP contribution in [0.4, 0.5) is 0 Å². The molecule has 0 saturated heterocycles. The molecular formula is C30H33N5O9. The van der Waals surface area contributed by atoms with Crippen LogP contribution in [0, 0.1) is 0 Å². The maximum atomic E-state index is 13.7. The predicted octanol–water partition coefficient (Wildman–Crippen LogP) is 0.248. The lowest BCUT2D eigenvalue weighted by molar-refractivity contribution is -0.172. The van der Waals surface area contributed by atoms with Gasteiger partial charge in [0.15, 0.2) is 17.1 Å². The van der Waals surface area contributed by atoms with Crippen molar-refractivity contribution in [3.05, 3.63) is 50.8 Å². The van der Waals surface area contributed by atoms with Gasteiger partial charge in [0.2, 0.25) is 18.6 Å². The number of esters is 1. The van der Waals surface area contributed by atoms with Crippen LogP contribution in [0.25, 0.3) is 22.3 Å². The molecule has 0 unspecified atom stereocenters. The van der Waals surface area contributed by atoms with Crippen LogP contribution in [0.1, 0.15) is 42.5 Å². The van der Waals surface area contributed by atoms with E-state index in [4.69, 9.17) is 29.7 Å². The van der Waals surface area contributed by atoms with Gasteiger partial charge in [0.05, 0.1) is 35.6 Å². The monoisotopic (exact) mass is 607 g/mol. The summed E-state index contributed by atoms with van der Waals surface area (Å²) in [5.74, 6) is -0.306. The maximum Gasteiger partial charge on any atom is 0.343 e. The number of nitrogens with one attached hydrogen (secondary N) is 1. The topological polar surface area (TPSA) is 185 Å². The second-order valence-electron chi connectivity index (χ2n) is 10.8. The molecular weight excluding hydrogens is 574 g/mol. The van der Waals surface area contributed by atoms with Crippen molar-refractivity contribution in [3.8, 4) is 22.9 Å². The second-order valence-corrected chi connectivity index (χ2v) is 10.8. The first-order chi connectivity index (χ1) is 21.2. The molecule has 0 bridgehead atoms. The smallest absolute Gasteiger partial charge is 0.343 e. The van der Waals surface area contributed by atoms with E-state index in [1.165, 1.54) is 0 Å². The van der Waals surface area contributed by atoms with Gasteiger partial charge in [0, 0.05) is 35.7 Å². The minimum atomic E-state index is -1.94. The maximum absolute atomic E-state index is 13.7.